The van der Waals surface area contributed by atoms with E-state index in [0.717, 1.165) is 38.8 Å². The van der Waals surface area contributed by atoms with Gasteiger partial charge in [0.25, 0.3) is 0 Å². The Morgan fingerprint density at radius 3 is 1.85 bits per heavy atom. The van der Waals surface area contributed by atoms with Gasteiger partial charge in [-0.25, -0.2) is 0 Å². The Labute approximate surface area is 157 Å². The van der Waals surface area contributed by atoms with E-state index in [2.05, 4.69) is 65.6 Å². The smallest absolute Gasteiger partial charge is 0.155 e. The molecule has 3 rings (SSSR count). The molecule has 1 fully saturated rings. The fraction of sp³-hybridized carbons (Fsp3) is 0.435. The lowest BCUT2D eigenvalue weighted by molar-refractivity contribution is -0.124. The Kier molecular flexibility index (Phi) is 6.98. The normalized spacial score (nSPS) is 20.2. The number of ketones is 1. The van der Waals surface area contributed by atoms with Gasteiger partial charge >= 0.3 is 0 Å². The Hall–Kier alpha value is -1.97. The Morgan fingerprint density at radius 1 is 0.885 bits per heavy atom. The fourth-order valence-corrected chi connectivity index (χ4v) is 3.76. The van der Waals surface area contributed by atoms with Crippen molar-refractivity contribution in [2.45, 2.75) is 57.8 Å². The molecular formula is C23H29NO2. The highest BCUT2D eigenvalue weighted by Gasteiger charge is 2.26. The summed E-state index contributed by atoms with van der Waals surface area (Å²) in [6.07, 6.45) is 4.58. The van der Waals surface area contributed by atoms with Crippen LogP contribution in [0, 0.1) is 0 Å². The molecule has 3 heteroatoms. The number of hydrogen-bond donors (Lipinski definition) is 0. The van der Waals surface area contributed by atoms with Gasteiger partial charge in [-0.1, -0.05) is 60.7 Å². The van der Waals surface area contributed by atoms with Crippen molar-refractivity contribution in [3.63, 3.8) is 0 Å². The van der Waals surface area contributed by atoms with Gasteiger partial charge < -0.3 is 4.74 Å². The van der Waals surface area contributed by atoms with Crippen LogP contribution < -0.4 is 0 Å². The molecule has 0 atom stereocenters. The number of carbonyl (C=O) groups is 1. The van der Waals surface area contributed by atoms with E-state index >= 15 is 0 Å². The van der Waals surface area contributed by atoms with Crippen LogP contribution in [-0.4, -0.2) is 29.4 Å². The molecule has 0 bridgehead atoms. The summed E-state index contributed by atoms with van der Waals surface area (Å²) >= 11 is 0. The van der Waals surface area contributed by atoms with E-state index in [0.29, 0.717) is 6.04 Å². The average Bonchev–Trinajstić information content (AvgIpc) is 2.68. The monoisotopic (exact) mass is 351 g/mol. The zero-order valence-electron chi connectivity index (χ0n) is 15.6. The molecule has 0 heterocycles. The summed E-state index contributed by atoms with van der Waals surface area (Å²) in [4.78, 5) is 13.7. The molecule has 1 aliphatic rings. The minimum Gasteiger partial charge on any atom is -0.370 e. The van der Waals surface area contributed by atoms with E-state index in [4.69, 9.17) is 4.74 Å². The average molecular weight is 351 g/mol. The summed E-state index contributed by atoms with van der Waals surface area (Å²) in [6, 6.07) is 22.0. The second kappa shape index (κ2) is 9.65. The minimum atomic E-state index is 0.113. The molecule has 0 spiro atoms. The SMILES string of the molecule is CC(=O)COC1CCC(N(Cc2ccccc2)Cc2ccccc2)CC1. The first-order valence-corrected chi connectivity index (χ1v) is 9.63. The number of benzene rings is 2. The van der Waals surface area contributed by atoms with Gasteiger partial charge in [0.15, 0.2) is 5.78 Å². The number of carbonyl (C=O) groups excluding carboxylic acids is 1. The number of rotatable bonds is 8. The van der Waals surface area contributed by atoms with Crippen LogP contribution in [-0.2, 0) is 22.6 Å². The van der Waals surface area contributed by atoms with Crippen LogP contribution in [0.5, 0.6) is 0 Å². The highest BCUT2D eigenvalue weighted by Crippen LogP contribution is 2.27. The number of nitrogens with zero attached hydrogens (tertiary/aromatic N) is 1. The summed E-state index contributed by atoms with van der Waals surface area (Å²) in [5.41, 5.74) is 2.72. The van der Waals surface area contributed by atoms with Crippen LogP contribution in [0.2, 0.25) is 0 Å². The Balaban J connectivity index is 1.63. The van der Waals surface area contributed by atoms with Crippen molar-refractivity contribution in [1.82, 2.24) is 4.90 Å². The van der Waals surface area contributed by atoms with Crippen molar-refractivity contribution in [2.24, 2.45) is 0 Å². The molecule has 0 radical (unpaired) electrons. The molecule has 3 nitrogen and oxygen atoms in total. The first-order chi connectivity index (χ1) is 12.7. The third-order valence-electron chi connectivity index (χ3n) is 5.14. The Morgan fingerprint density at radius 2 is 1.38 bits per heavy atom. The van der Waals surface area contributed by atoms with Gasteiger partial charge in [0, 0.05) is 19.1 Å². The molecule has 0 unspecified atom stereocenters. The van der Waals surface area contributed by atoms with Crippen LogP contribution >= 0.6 is 0 Å². The predicted molar refractivity (Wildman–Crippen MR) is 105 cm³/mol. The standard InChI is InChI=1S/C23H29NO2/c1-19(25)18-26-23-14-12-22(13-15-23)24(16-20-8-4-2-5-9-20)17-21-10-6-3-7-11-21/h2-11,22-23H,12-18H2,1H3. The van der Waals surface area contributed by atoms with Crippen LogP contribution in [0.4, 0.5) is 0 Å². The predicted octanol–water partition coefficient (Wildman–Crippen LogP) is 4.61. The van der Waals surface area contributed by atoms with Crippen LogP contribution in [0.25, 0.3) is 0 Å². The van der Waals surface area contributed by atoms with Crippen LogP contribution in [0.15, 0.2) is 60.7 Å². The van der Waals surface area contributed by atoms with Gasteiger partial charge in [-0.05, 0) is 43.7 Å². The Bertz CT molecular complexity index is 622. The van der Waals surface area contributed by atoms with Crippen molar-refractivity contribution in [2.75, 3.05) is 6.61 Å². The van der Waals surface area contributed by atoms with Crippen molar-refractivity contribution >= 4 is 5.78 Å². The topological polar surface area (TPSA) is 29.5 Å². The molecule has 138 valence electrons. The summed E-state index contributed by atoms with van der Waals surface area (Å²) in [7, 11) is 0. The van der Waals surface area contributed by atoms with E-state index in [-0.39, 0.29) is 18.5 Å². The molecular weight excluding hydrogens is 322 g/mol. The molecule has 2 aromatic rings. The minimum absolute atomic E-state index is 0.113. The molecule has 0 amide bonds. The van der Waals surface area contributed by atoms with Crippen LogP contribution in [0.1, 0.15) is 43.7 Å². The largest absolute Gasteiger partial charge is 0.370 e. The lowest BCUT2D eigenvalue weighted by Gasteiger charge is -2.37. The summed E-state index contributed by atoms with van der Waals surface area (Å²) in [5.74, 6) is 0.113. The third kappa shape index (κ3) is 5.79. The molecule has 2 aromatic carbocycles. The van der Waals surface area contributed by atoms with Gasteiger partial charge in [-0.2, -0.15) is 0 Å². The van der Waals surface area contributed by atoms with E-state index in [1.807, 2.05) is 0 Å². The van der Waals surface area contributed by atoms with Gasteiger partial charge in [0.2, 0.25) is 0 Å². The first kappa shape index (κ1) is 18.8. The van der Waals surface area contributed by atoms with Gasteiger partial charge in [0.05, 0.1) is 6.10 Å². The van der Waals surface area contributed by atoms with Crippen LogP contribution in [0.3, 0.4) is 0 Å². The number of hydrogen-bond acceptors (Lipinski definition) is 3. The molecule has 26 heavy (non-hydrogen) atoms. The maximum atomic E-state index is 11.1. The van der Waals surface area contributed by atoms with E-state index in [1.165, 1.54) is 11.1 Å². The van der Waals surface area contributed by atoms with E-state index < -0.39 is 0 Å². The lowest BCUT2D eigenvalue weighted by Crippen LogP contribution is -2.39. The summed E-state index contributed by atoms with van der Waals surface area (Å²) < 4.78 is 5.74. The fourth-order valence-electron chi connectivity index (χ4n) is 3.76. The number of Topliss-reactive ketones (excluding diaryl/α,β-unsaturated/α-hetero) is 1. The van der Waals surface area contributed by atoms with Crippen molar-refractivity contribution < 1.29 is 9.53 Å². The summed E-state index contributed by atoms with van der Waals surface area (Å²) in [6.45, 7) is 3.79. The maximum Gasteiger partial charge on any atom is 0.155 e. The second-order valence-electron chi connectivity index (χ2n) is 7.32. The molecule has 0 aliphatic heterocycles. The molecule has 1 saturated carbocycles. The van der Waals surface area contributed by atoms with Gasteiger partial charge in [0.1, 0.15) is 6.61 Å². The maximum absolute atomic E-state index is 11.1. The van der Waals surface area contributed by atoms with Crippen molar-refractivity contribution in [3.8, 4) is 0 Å². The van der Waals surface area contributed by atoms with E-state index in [1.54, 1.807) is 6.92 Å². The molecule has 0 aromatic heterocycles. The number of ether oxygens (including phenoxy) is 1. The lowest BCUT2D eigenvalue weighted by atomic mass is 9.91. The molecule has 0 saturated heterocycles. The molecule has 0 N–H and O–H groups in total. The highest BCUT2D eigenvalue weighted by molar-refractivity contribution is 5.76. The van der Waals surface area contributed by atoms with Crippen molar-refractivity contribution in [3.05, 3.63) is 71.8 Å². The quantitative estimate of drug-likeness (QED) is 0.696. The third-order valence-corrected chi connectivity index (χ3v) is 5.14. The summed E-state index contributed by atoms with van der Waals surface area (Å²) in [5, 5.41) is 0. The molecule has 1 aliphatic carbocycles. The van der Waals surface area contributed by atoms with E-state index in [9.17, 15) is 4.79 Å². The second-order valence-corrected chi connectivity index (χ2v) is 7.32. The highest BCUT2D eigenvalue weighted by atomic mass is 16.5. The zero-order valence-corrected chi connectivity index (χ0v) is 15.6. The van der Waals surface area contributed by atoms with Gasteiger partial charge in [-0.3, -0.25) is 9.69 Å². The first-order valence-electron chi connectivity index (χ1n) is 9.63. The zero-order chi connectivity index (χ0) is 18.2. The van der Waals surface area contributed by atoms with Gasteiger partial charge in [-0.15, -0.1) is 0 Å². The van der Waals surface area contributed by atoms with Crippen molar-refractivity contribution in [1.29, 1.82) is 0 Å².